The van der Waals surface area contributed by atoms with Crippen LogP contribution in [0.15, 0.2) is 77.7 Å². The molecule has 36 heavy (non-hydrogen) atoms. The zero-order chi connectivity index (χ0) is 26.5. The lowest BCUT2D eigenvalue weighted by Gasteiger charge is -2.32. The molecular formula is C26H27Cl2N3O4S. The number of aryl methyl sites for hydroxylation is 1. The van der Waals surface area contributed by atoms with Crippen LogP contribution >= 0.6 is 23.2 Å². The SMILES string of the molecule is CNC(=O)[C@H](C)N(Cc1ccccc1C)C(=O)CN(c1cccc(Cl)c1Cl)S(=O)(=O)c1ccccc1. The lowest BCUT2D eigenvalue weighted by atomic mass is 10.1. The van der Waals surface area contributed by atoms with Gasteiger partial charge in [0.25, 0.3) is 10.0 Å². The minimum Gasteiger partial charge on any atom is -0.357 e. The first-order valence-corrected chi connectivity index (χ1v) is 13.3. The van der Waals surface area contributed by atoms with Gasteiger partial charge >= 0.3 is 0 Å². The van der Waals surface area contributed by atoms with Crippen molar-refractivity contribution in [1.29, 1.82) is 0 Å². The minimum atomic E-state index is -4.21. The second-order valence-corrected chi connectivity index (χ2v) is 10.8. The highest BCUT2D eigenvalue weighted by molar-refractivity contribution is 7.92. The second kappa shape index (κ2) is 11.8. The molecular weight excluding hydrogens is 521 g/mol. The third kappa shape index (κ3) is 6.00. The van der Waals surface area contributed by atoms with Crippen LogP contribution in [0.4, 0.5) is 5.69 Å². The van der Waals surface area contributed by atoms with Crippen molar-refractivity contribution in [3.05, 3.63) is 94.0 Å². The molecule has 0 fully saturated rings. The number of carbonyl (C=O) groups excluding carboxylic acids is 2. The third-order valence-corrected chi connectivity index (χ3v) is 8.41. The molecule has 0 heterocycles. The summed E-state index contributed by atoms with van der Waals surface area (Å²) in [6, 6.07) is 18.9. The van der Waals surface area contributed by atoms with Crippen molar-refractivity contribution in [2.24, 2.45) is 0 Å². The number of likely N-dealkylation sites (N-methyl/N-ethyl adjacent to an activating group) is 1. The molecule has 0 saturated carbocycles. The number of hydrogen-bond donors (Lipinski definition) is 1. The number of amides is 2. The van der Waals surface area contributed by atoms with Crippen molar-refractivity contribution in [3.8, 4) is 0 Å². The molecule has 3 aromatic rings. The van der Waals surface area contributed by atoms with E-state index in [1.807, 2.05) is 31.2 Å². The van der Waals surface area contributed by atoms with E-state index in [9.17, 15) is 18.0 Å². The predicted octanol–water partition coefficient (Wildman–Crippen LogP) is 4.66. The summed E-state index contributed by atoms with van der Waals surface area (Å²) >= 11 is 12.6. The lowest BCUT2D eigenvalue weighted by Crippen LogP contribution is -2.50. The lowest BCUT2D eigenvalue weighted by molar-refractivity contribution is -0.139. The second-order valence-electron chi connectivity index (χ2n) is 8.14. The van der Waals surface area contributed by atoms with Gasteiger partial charge < -0.3 is 10.2 Å². The van der Waals surface area contributed by atoms with Gasteiger partial charge in [0.2, 0.25) is 11.8 Å². The molecule has 3 aromatic carbocycles. The summed E-state index contributed by atoms with van der Waals surface area (Å²) in [6.45, 7) is 3.02. The van der Waals surface area contributed by atoms with E-state index in [0.29, 0.717) is 0 Å². The van der Waals surface area contributed by atoms with E-state index < -0.39 is 28.5 Å². The fourth-order valence-corrected chi connectivity index (χ4v) is 5.58. The molecule has 0 unspecified atom stereocenters. The number of anilines is 1. The van der Waals surface area contributed by atoms with Crippen molar-refractivity contribution in [1.82, 2.24) is 10.2 Å². The Morgan fingerprint density at radius 2 is 1.58 bits per heavy atom. The fraction of sp³-hybridized carbons (Fsp3) is 0.231. The van der Waals surface area contributed by atoms with Crippen molar-refractivity contribution in [3.63, 3.8) is 0 Å². The molecule has 0 aromatic heterocycles. The number of rotatable bonds is 9. The van der Waals surface area contributed by atoms with Gasteiger partial charge in [-0.1, -0.05) is 71.7 Å². The molecule has 7 nitrogen and oxygen atoms in total. The van der Waals surface area contributed by atoms with Crippen LogP contribution in [0.2, 0.25) is 10.0 Å². The van der Waals surface area contributed by atoms with E-state index in [4.69, 9.17) is 23.2 Å². The first kappa shape index (κ1) is 27.5. The molecule has 1 atom stereocenters. The number of sulfonamides is 1. The Labute approximate surface area is 221 Å². The zero-order valence-corrected chi connectivity index (χ0v) is 22.4. The first-order chi connectivity index (χ1) is 17.1. The summed E-state index contributed by atoms with van der Waals surface area (Å²) in [5, 5.41) is 2.70. The van der Waals surface area contributed by atoms with Gasteiger partial charge in [-0.15, -0.1) is 0 Å². The highest BCUT2D eigenvalue weighted by atomic mass is 35.5. The van der Waals surface area contributed by atoms with Crippen LogP contribution in [-0.2, 0) is 26.2 Å². The predicted molar refractivity (Wildman–Crippen MR) is 143 cm³/mol. The summed E-state index contributed by atoms with van der Waals surface area (Å²) < 4.78 is 28.3. The van der Waals surface area contributed by atoms with E-state index in [1.54, 1.807) is 31.2 Å². The average Bonchev–Trinajstić information content (AvgIpc) is 2.88. The molecule has 190 valence electrons. The molecule has 2 amide bonds. The first-order valence-electron chi connectivity index (χ1n) is 11.1. The topological polar surface area (TPSA) is 86.8 Å². The maximum absolute atomic E-state index is 13.7. The molecule has 0 spiro atoms. The van der Waals surface area contributed by atoms with E-state index in [-0.39, 0.29) is 33.1 Å². The average molecular weight is 548 g/mol. The van der Waals surface area contributed by atoms with Crippen LogP contribution in [0.5, 0.6) is 0 Å². The van der Waals surface area contributed by atoms with Crippen LogP contribution in [-0.4, -0.2) is 44.8 Å². The smallest absolute Gasteiger partial charge is 0.264 e. The maximum Gasteiger partial charge on any atom is 0.264 e. The Bertz CT molecular complexity index is 1350. The van der Waals surface area contributed by atoms with Gasteiger partial charge in [-0.05, 0) is 49.2 Å². The zero-order valence-electron chi connectivity index (χ0n) is 20.1. The van der Waals surface area contributed by atoms with Gasteiger partial charge in [0.1, 0.15) is 12.6 Å². The third-order valence-electron chi connectivity index (χ3n) is 5.83. The molecule has 0 aliphatic heterocycles. The largest absolute Gasteiger partial charge is 0.357 e. The van der Waals surface area contributed by atoms with E-state index in [0.717, 1.165) is 15.4 Å². The van der Waals surface area contributed by atoms with Crippen LogP contribution in [0.3, 0.4) is 0 Å². The summed E-state index contributed by atoms with van der Waals surface area (Å²) in [5.41, 5.74) is 1.83. The molecule has 3 rings (SSSR count). The van der Waals surface area contributed by atoms with Gasteiger partial charge in [-0.2, -0.15) is 0 Å². The van der Waals surface area contributed by atoms with E-state index >= 15 is 0 Å². The van der Waals surface area contributed by atoms with Crippen molar-refractivity contribution < 1.29 is 18.0 Å². The van der Waals surface area contributed by atoms with Crippen LogP contribution in [0, 0.1) is 6.92 Å². The van der Waals surface area contributed by atoms with Crippen molar-refractivity contribution in [2.75, 3.05) is 17.9 Å². The molecule has 1 N–H and O–H groups in total. The number of carbonyl (C=O) groups is 2. The van der Waals surface area contributed by atoms with Crippen molar-refractivity contribution >= 4 is 50.7 Å². The molecule has 0 aliphatic rings. The number of benzene rings is 3. The summed E-state index contributed by atoms with van der Waals surface area (Å²) in [6.07, 6.45) is 0. The number of hydrogen-bond acceptors (Lipinski definition) is 4. The standard InChI is InChI=1S/C26H27Cl2N3O4S/c1-18-10-7-8-11-20(18)16-30(19(2)26(33)29-3)24(32)17-31(23-15-9-14-22(27)25(23)28)36(34,35)21-12-5-4-6-13-21/h4-15,19H,16-17H2,1-3H3,(H,29,33)/t19-/m0/s1. The Morgan fingerprint density at radius 1 is 0.944 bits per heavy atom. The van der Waals surface area contributed by atoms with Crippen LogP contribution < -0.4 is 9.62 Å². The Hall–Kier alpha value is -3.07. The molecule has 0 radical (unpaired) electrons. The van der Waals surface area contributed by atoms with Crippen molar-refractivity contribution in [2.45, 2.75) is 31.3 Å². The molecule has 0 saturated heterocycles. The van der Waals surface area contributed by atoms with E-state index in [2.05, 4.69) is 5.32 Å². The van der Waals surface area contributed by atoms with Gasteiger partial charge in [-0.25, -0.2) is 8.42 Å². The van der Waals surface area contributed by atoms with Gasteiger partial charge in [-0.3, -0.25) is 13.9 Å². The normalized spacial score (nSPS) is 12.0. The van der Waals surface area contributed by atoms with Crippen LogP contribution in [0.1, 0.15) is 18.1 Å². The van der Waals surface area contributed by atoms with Gasteiger partial charge in [0.05, 0.1) is 20.6 Å². The number of nitrogens with zero attached hydrogens (tertiary/aromatic N) is 2. The fourth-order valence-electron chi connectivity index (χ4n) is 3.68. The van der Waals surface area contributed by atoms with E-state index in [1.165, 1.54) is 36.2 Å². The Kier molecular flexibility index (Phi) is 9.00. The molecule has 0 bridgehead atoms. The monoisotopic (exact) mass is 547 g/mol. The number of halogens is 2. The Balaban J connectivity index is 2.08. The van der Waals surface area contributed by atoms with Gasteiger partial charge in [0.15, 0.2) is 0 Å². The molecule has 10 heteroatoms. The summed E-state index contributed by atoms with van der Waals surface area (Å²) in [7, 11) is -2.73. The minimum absolute atomic E-state index is 0.00345. The highest BCUT2D eigenvalue weighted by Crippen LogP contribution is 2.35. The number of nitrogens with one attached hydrogen (secondary N) is 1. The van der Waals surface area contributed by atoms with Crippen LogP contribution in [0.25, 0.3) is 0 Å². The summed E-state index contributed by atoms with van der Waals surface area (Å²) in [4.78, 5) is 27.6. The highest BCUT2D eigenvalue weighted by Gasteiger charge is 2.33. The Morgan fingerprint density at radius 3 is 2.22 bits per heavy atom. The summed E-state index contributed by atoms with van der Waals surface area (Å²) in [5.74, 6) is -0.958. The maximum atomic E-state index is 13.7. The molecule has 0 aliphatic carbocycles. The van der Waals surface area contributed by atoms with Gasteiger partial charge in [0, 0.05) is 13.6 Å². The quantitative estimate of drug-likeness (QED) is 0.422.